The van der Waals surface area contributed by atoms with Crippen molar-refractivity contribution in [2.45, 2.75) is 44.9 Å². The number of carbonyl (C=O) groups is 3. The topological polar surface area (TPSA) is 107 Å². The number of carboxylic acid groups (broad SMARTS) is 1. The van der Waals surface area contributed by atoms with Crippen LogP contribution in [-0.4, -0.2) is 75.4 Å². The van der Waals surface area contributed by atoms with E-state index < -0.39 is 42.3 Å². The molecule has 1 aromatic carbocycles. The van der Waals surface area contributed by atoms with Gasteiger partial charge < -0.3 is 19.8 Å². The number of nitrogens with zero attached hydrogens (tertiary/aromatic N) is 2. The smallest absolute Gasteiger partial charge is 0.411 e. The molecule has 1 fully saturated rings. The minimum atomic E-state index is -1.34. The molecule has 1 saturated heterocycles. The van der Waals surface area contributed by atoms with Gasteiger partial charge in [0.2, 0.25) is 5.91 Å². The van der Waals surface area contributed by atoms with E-state index in [0.29, 0.717) is 0 Å². The summed E-state index contributed by atoms with van der Waals surface area (Å²) in [5, 5.41) is 18.7. The zero-order valence-corrected chi connectivity index (χ0v) is 15.8. The molecule has 1 heterocycles. The summed E-state index contributed by atoms with van der Waals surface area (Å²) in [6.07, 6.45) is -0.389. The molecule has 0 unspecified atom stereocenters. The number of rotatable bonds is 5. The standard InChI is InChI=1S/C19H26N2O6/c1-19(2,3)27-18(26)21-10-9-20(15(12-22)17(24)25)16(23)14(21)11-13-7-5-4-6-8-13/h4-8,14-15,22H,9-12H2,1-3H3,(H,24,25)/t14-,15-/m0/s1. The monoisotopic (exact) mass is 378 g/mol. The number of ether oxygens (including phenoxy) is 1. The number of benzene rings is 1. The number of aliphatic hydroxyl groups excluding tert-OH is 1. The van der Waals surface area contributed by atoms with Gasteiger partial charge in [-0.2, -0.15) is 0 Å². The van der Waals surface area contributed by atoms with E-state index in [9.17, 15) is 24.6 Å². The van der Waals surface area contributed by atoms with Crippen LogP contribution >= 0.6 is 0 Å². The number of aliphatic carboxylic acids is 1. The highest BCUT2D eigenvalue weighted by Gasteiger charge is 2.43. The van der Waals surface area contributed by atoms with Crippen molar-refractivity contribution in [3.8, 4) is 0 Å². The van der Waals surface area contributed by atoms with Crippen molar-refractivity contribution in [3.63, 3.8) is 0 Å². The van der Waals surface area contributed by atoms with Crippen molar-refractivity contribution in [2.24, 2.45) is 0 Å². The van der Waals surface area contributed by atoms with E-state index in [1.807, 2.05) is 30.3 Å². The van der Waals surface area contributed by atoms with E-state index in [-0.39, 0.29) is 19.5 Å². The summed E-state index contributed by atoms with van der Waals surface area (Å²) in [5.74, 6) is -1.80. The number of aliphatic hydroxyl groups is 1. The van der Waals surface area contributed by atoms with Gasteiger partial charge in [0.25, 0.3) is 0 Å². The summed E-state index contributed by atoms with van der Waals surface area (Å²) in [4.78, 5) is 39.5. The summed E-state index contributed by atoms with van der Waals surface area (Å²) in [5.41, 5.74) is 0.116. The molecule has 8 heteroatoms. The van der Waals surface area contributed by atoms with Gasteiger partial charge in [-0.25, -0.2) is 9.59 Å². The number of carboxylic acids is 1. The second kappa shape index (κ2) is 8.39. The zero-order chi connectivity index (χ0) is 20.2. The minimum absolute atomic E-state index is 0.0148. The van der Waals surface area contributed by atoms with Crippen LogP contribution in [0.15, 0.2) is 30.3 Å². The summed E-state index contributed by atoms with van der Waals surface area (Å²) < 4.78 is 5.41. The highest BCUT2D eigenvalue weighted by atomic mass is 16.6. The maximum Gasteiger partial charge on any atom is 0.411 e. The number of piperazine rings is 1. The van der Waals surface area contributed by atoms with E-state index in [1.54, 1.807) is 20.8 Å². The molecule has 27 heavy (non-hydrogen) atoms. The molecule has 0 radical (unpaired) electrons. The minimum Gasteiger partial charge on any atom is -0.480 e. The zero-order valence-electron chi connectivity index (χ0n) is 15.8. The number of hydrogen-bond donors (Lipinski definition) is 2. The SMILES string of the molecule is CC(C)(C)OC(=O)N1CCN([C@@H](CO)C(=O)O)C(=O)[C@@H]1Cc1ccccc1. The molecule has 148 valence electrons. The molecule has 0 aromatic heterocycles. The van der Waals surface area contributed by atoms with Gasteiger partial charge in [-0.15, -0.1) is 0 Å². The Hall–Kier alpha value is -2.61. The molecule has 2 rings (SSSR count). The van der Waals surface area contributed by atoms with E-state index in [0.717, 1.165) is 10.5 Å². The van der Waals surface area contributed by atoms with E-state index in [1.165, 1.54) is 4.90 Å². The fraction of sp³-hybridized carbons (Fsp3) is 0.526. The van der Waals surface area contributed by atoms with Crippen LogP contribution in [0, 0.1) is 0 Å². The van der Waals surface area contributed by atoms with Gasteiger partial charge in [0.1, 0.15) is 11.6 Å². The Labute approximate surface area is 158 Å². The third kappa shape index (κ3) is 5.19. The fourth-order valence-corrected chi connectivity index (χ4v) is 3.00. The van der Waals surface area contributed by atoms with E-state index in [2.05, 4.69) is 0 Å². The number of carbonyl (C=O) groups excluding carboxylic acids is 2. The molecular weight excluding hydrogens is 352 g/mol. The summed E-state index contributed by atoms with van der Waals surface area (Å²) in [6.45, 7) is 4.67. The Balaban J connectivity index is 2.30. The first kappa shape index (κ1) is 20.7. The maximum absolute atomic E-state index is 13.0. The van der Waals surface area contributed by atoms with Gasteiger partial charge in [0.15, 0.2) is 6.04 Å². The van der Waals surface area contributed by atoms with Crippen LogP contribution < -0.4 is 0 Å². The lowest BCUT2D eigenvalue weighted by Crippen LogP contribution is -2.63. The Bertz CT molecular complexity index is 685. The molecule has 2 atom stereocenters. The van der Waals surface area contributed by atoms with Crippen LogP contribution in [0.4, 0.5) is 4.79 Å². The predicted molar refractivity (Wildman–Crippen MR) is 97.1 cm³/mol. The summed E-state index contributed by atoms with van der Waals surface area (Å²) in [7, 11) is 0. The fourth-order valence-electron chi connectivity index (χ4n) is 3.00. The second-order valence-electron chi connectivity index (χ2n) is 7.45. The lowest BCUT2D eigenvalue weighted by atomic mass is 10.0. The summed E-state index contributed by atoms with van der Waals surface area (Å²) in [6, 6.07) is 6.93. The second-order valence-corrected chi connectivity index (χ2v) is 7.45. The van der Waals surface area contributed by atoms with Crippen LogP contribution in [0.1, 0.15) is 26.3 Å². The highest BCUT2D eigenvalue weighted by molar-refractivity contribution is 5.90. The first-order chi connectivity index (χ1) is 12.6. The Morgan fingerprint density at radius 1 is 1.22 bits per heavy atom. The molecule has 1 aliphatic rings. The van der Waals surface area contributed by atoms with Gasteiger partial charge >= 0.3 is 12.1 Å². The normalized spacial score (nSPS) is 19.0. The van der Waals surface area contributed by atoms with Crippen molar-refractivity contribution in [1.82, 2.24) is 9.80 Å². The van der Waals surface area contributed by atoms with Crippen molar-refractivity contribution >= 4 is 18.0 Å². The lowest BCUT2D eigenvalue weighted by Gasteiger charge is -2.42. The van der Waals surface area contributed by atoms with Crippen molar-refractivity contribution in [2.75, 3.05) is 19.7 Å². The van der Waals surface area contributed by atoms with Gasteiger partial charge in [0, 0.05) is 19.5 Å². The van der Waals surface area contributed by atoms with Crippen LogP contribution in [0.25, 0.3) is 0 Å². The van der Waals surface area contributed by atoms with Crippen molar-refractivity contribution in [3.05, 3.63) is 35.9 Å². The largest absolute Gasteiger partial charge is 0.480 e. The van der Waals surface area contributed by atoms with E-state index >= 15 is 0 Å². The Morgan fingerprint density at radius 2 is 1.85 bits per heavy atom. The van der Waals surface area contributed by atoms with Crippen molar-refractivity contribution in [1.29, 1.82) is 0 Å². The van der Waals surface area contributed by atoms with Crippen LogP contribution in [0.3, 0.4) is 0 Å². The third-order valence-corrected chi connectivity index (χ3v) is 4.26. The molecule has 2 N–H and O–H groups in total. The van der Waals surface area contributed by atoms with Gasteiger partial charge in [-0.3, -0.25) is 9.69 Å². The first-order valence-electron chi connectivity index (χ1n) is 8.81. The highest BCUT2D eigenvalue weighted by Crippen LogP contribution is 2.21. The average Bonchev–Trinajstić information content (AvgIpc) is 2.57. The Kier molecular flexibility index (Phi) is 6.43. The molecule has 8 nitrogen and oxygen atoms in total. The molecule has 0 bridgehead atoms. The van der Waals surface area contributed by atoms with Crippen LogP contribution in [0.2, 0.25) is 0 Å². The average molecular weight is 378 g/mol. The molecule has 2 amide bonds. The summed E-state index contributed by atoms with van der Waals surface area (Å²) >= 11 is 0. The number of amides is 2. The van der Waals surface area contributed by atoms with Gasteiger partial charge in [0.05, 0.1) is 6.61 Å². The third-order valence-electron chi connectivity index (χ3n) is 4.26. The molecule has 1 aliphatic heterocycles. The quantitative estimate of drug-likeness (QED) is 0.795. The molecule has 0 saturated carbocycles. The predicted octanol–water partition coefficient (Wildman–Crippen LogP) is 1.12. The molecule has 0 aliphatic carbocycles. The molecule has 0 spiro atoms. The van der Waals surface area contributed by atoms with Gasteiger partial charge in [-0.05, 0) is 26.3 Å². The van der Waals surface area contributed by atoms with Gasteiger partial charge in [-0.1, -0.05) is 30.3 Å². The first-order valence-corrected chi connectivity index (χ1v) is 8.81. The molecule has 1 aromatic rings. The van der Waals surface area contributed by atoms with Crippen LogP contribution in [0.5, 0.6) is 0 Å². The maximum atomic E-state index is 13.0. The molecular formula is C19H26N2O6. The van der Waals surface area contributed by atoms with Crippen LogP contribution in [-0.2, 0) is 20.7 Å². The number of hydrogen-bond acceptors (Lipinski definition) is 5. The lowest BCUT2D eigenvalue weighted by molar-refractivity contribution is -0.157. The van der Waals surface area contributed by atoms with E-state index in [4.69, 9.17) is 4.74 Å². The van der Waals surface area contributed by atoms with Crippen molar-refractivity contribution < 1.29 is 29.3 Å². The Morgan fingerprint density at radius 3 is 2.37 bits per heavy atom.